The lowest BCUT2D eigenvalue weighted by atomic mass is 10.1. The number of thiocarbonyl (C=S) groups is 1. The first-order chi connectivity index (χ1) is 11.0. The molecule has 3 nitrogen and oxygen atoms in total. The number of benzene rings is 2. The topological polar surface area (TPSA) is 32.3 Å². The van der Waals surface area contributed by atoms with E-state index in [0.717, 1.165) is 22.4 Å². The van der Waals surface area contributed by atoms with Crippen LogP contribution in [0.4, 0.5) is 5.69 Å². The van der Waals surface area contributed by atoms with E-state index in [2.05, 4.69) is 5.32 Å². The highest BCUT2D eigenvalue weighted by molar-refractivity contribution is 7.80. The fourth-order valence-corrected chi connectivity index (χ4v) is 3.07. The Morgan fingerprint density at radius 2 is 1.96 bits per heavy atom. The number of hydrogen-bond acceptors (Lipinski definition) is 2. The molecule has 3 rings (SSSR count). The molecular weight excluding hydrogens is 328 g/mol. The van der Waals surface area contributed by atoms with E-state index in [1.165, 1.54) is 4.90 Å². The standard InChI is InChI=1S/C18H15ClN2OS/c1-11-4-3-5-13(8-11)10-15-17(22)21(18(23)20-15)16-7-6-14(19)9-12(16)2/h3-10H,1-2H3,(H,20,23)/b15-10-. The average molecular weight is 343 g/mol. The third-order valence-corrected chi connectivity index (χ3v) is 4.15. The van der Waals surface area contributed by atoms with E-state index in [4.69, 9.17) is 23.8 Å². The van der Waals surface area contributed by atoms with Crippen LogP contribution in [0.15, 0.2) is 48.2 Å². The zero-order chi connectivity index (χ0) is 16.6. The number of carbonyl (C=O) groups excluding carboxylic acids is 1. The second-order valence-corrected chi connectivity index (χ2v) is 6.30. The normalized spacial score (nSPS) is 16.1. The summed E-state index contributed by atoms with van der Waals surface area (Å²) in [5.74, 6) is -0.165. The predicted octanol–water partition coefficient (Wildman–Crippen LogP) is 4.22. The molecule has 1 N–H and O–H groups in total. The van der Waals surface area contributed by atoms with Crippen LogP contribution in [0.2, 0.25) is 5.02 Å². The molecule has 116 valence electrons. The van der Waals surface area contributed by atoms with E-state index < -0.39 is 0 Å². The van der Waals surface area contributed by atoms with Gasteiger partial charge in [-0.3, -0.25) is 9.69 Å². The van der Waals surface area contributed by atoms with Gasteiger partial charge in [0, 0.05) is 5.02 Å². The number of carbonyl (C=O) groups is 1. The molecule has 0 unspecified atom stereocenters. The smallest absolute Gasteiger partial charge is 0.281 e. The maximum Gasteiger partial charge on any atom is 0.281 e. The van der Waals surface area contributed by atoms with Crippen molar-refractivity contribution in [3.05, 3.63) is 69.9 Å². The Balaban J connectivity index is 1.97. The van der Waals surface area contributed by atoms with Crippen molar-refractivity contribution in [2.45, 2.75) is 13.8 Å². The van der Waals surface area contributed by atoms with E-state index in [0.29, 0.717) is 15.8 Å². The molecule has 5 heteroatoms. The van der Waals surface area contributed by atoms with Crippen molar-refractivity contribution in [1.29, 1.82) is 0 Å². The molecule has 0 radical (unpaired) electrons. The van der Waals surface area contributed by atoms with Crippen molar-refractivity contribution >= 4 is 46.6 Å². The van der Waals surface area contributed by atoms with Gasteiger partial charge in [-0.1, -0.05) is 41.4 Å². The quantitative estimate of drug-likeness (QED) is 0.655. The molecule has 1 fully saturated rings. The molecule has 0 atom stereocenters. The van der Waals surface area contributed by atoms with Crippen LogP contribution < -0.4 is 10.2 Å². The number of nitrogens with zero attached hydrogens (tertiary/aromatic N) is 1. The van der Waals surface area contributed by atoms with E-state index >= 15 is 0 Å². The first kappa shape index (κ1) is 15.7. The maximum absolute atomic E-state index is 12.7. The summed E-state index contributed by atoms with van der Waals surface area (Å²) in [6.45, 7) is 3.92. The van der Waals surface area contributed by atoms with E-state index in [-0.39, 0.29) is 5.91 Å². The molecule has 1 saturated heterocycles. The zero-order valence-corrected chi connectivity index (χ0v) is 14.3. The van der Waals surface area contributed by atoms with Crippen LogP contribution in [0, 0.1) is 13.8 Å². The van der Waals surface area contributed by atoms with Gasteiger partial charge >= 0.3 is 0 Å². The third-order valence-electron chi connectivity index (χ3n) is 3.63. The summed E-state index contributed by atoms with van der Waals surface area (Å²) in [7, 11) is 0. The molecule has 23 heavy (non-hydrogen) atoms. The SMILES string of the molecule is Cc1cccc(/C=C2\NC(=S)N(c3ccc(Cl)cc3C)C2=O)c1. The first-order valence-corrected chi connectivity index (χ1v) is 7.94. The Bertz CT molecular complexity index is 845. The molecule has 2 aromatic carbocycles. The average Bonchev–Trinajstić information content (AvgIpc) is 2.74. The lowest BCUT2D eigenvalue weighted by Crippen LogP contribution is -2.30. The van der Waals surface area contributed by atoms with Crippen LogP contribution in [-0.2, 0) is 4.79 Å². The van der Waals surface area contributed by atoms with Gasteiger partial charge in [0.15, 0.2) is 5.11 Å². The molecular formula is C18H15ClN2OS. The van der Waals surface area contributed by atoms with Gasteiger partial charge < -0.3 is 5.32 Å². The molecule has 0 bridgehead atoms. The summed E-state index contributed by atoms with van der Waals surface area (Å²) < 4.78 is 0. The van der Waals surface area contributed by atoms with Gasteiger partial charge in [-0.2, -0.15) is 0 Å². The Hall–Kier alpha value is -2.17. The highest BCUT2D eigenvalue weighted by atomic mass is 35.5. The number of amides is 1. The van der Waals surface area contributed by atoms with Crippen LogP contribution in [0.1, 0.15) is 16.7 Å². The minimum atomic E-state index is -0.165. The summed E-state index contributed by atoms with van der Waals surface area (Å²) >= 11 is 11.3. The van der Waals surface area contributed by atoms with Crippen molar-refractivity contribution in [1.82, 2.24) is 5.32 Å². The van der Waals surface area contributed by atoms with Gasteiger partial charge in [-0.15, -0.1) is 0 Å². The van der Waals surface area contributed by atoms with E-state index in [1.807, 2.05) is 50.3 Å². The van der Waals surface area contributed by atoms with Crippen LogP contribution >= 0.6 is 23.8 Å². The second-order valence-electron chi connectivity index (χ2n) is 5.47. The van der Waals surface area contributed by atoms with Crippen LogP contribution in [0.5, 0.6) is 0 Å². The highest BCUT2D eigenvalue weighted by Gasteiger charge is 2.32. The molecule has 1 aliphatic rings. The summed E-state index contributed by atoms with van der Waals surface area (Å²) in [4.78, 5) is 14.2. The number of rotatable bonds is 2. The summed E-state index contributed by atoms with van der Waals surface area (Å²) in [5, 5.41) is 4.00. The number of nitrogens with one attached hydrogen (secondary N) is 1. The molecule has 1 aliphatic heterocycles. The molecule has 2 aromatic rings. The Morgan fingerprint density at radius 1 is 1.17 bits per heavy atom. The Morgan fingerprint density at radius 3 is 2.65 bits per heavy atom. The van der Waals surface area contributed by atoms with Crippen molar-refractivity contribution < 1.29 is 4.79 Å². The first-order valence-electron chi connectivity index (χ1n) is 7.15. The van der Waals surface area contributed by atoms with Gasteiger partial charge in [-0.05, 0) is 61.5 Å². The fraction of sp³-hybridized carbons (Fsp3) is 0.111. The number of aryl methyl sites for hydroxylation is 2. The summed E-state index contributed by atoms with van der Waals surface area (Å²) in [5.41, 5.74) is 4.20. The predicted molar refractivity (Wildman–Crippen MR) is 98.6 cm³/mol. The maximum atomic E-state index is 12.7. The second kappa shape index (κ2) is 6.14. The summed E-state index contributed by atoms with van der Waals surface area (Å²) in [6.07, 6.45) is 1.81. The van der Waals surface area contributed by atoms with Gasteiger partial charge in [0.25, 0.3) is 5.91 Å². The fourth-order valence-electron chi connectivity index (χ4n) is 2.55. The van der Waals surface area contributed by atoms with Gasteiger partial charge in [0.05, 0.1) is 5.69 Å². The van der Waals surface area contributed by atoms with Gasteiger partial charge in [-0.25, -0.2) is 0 Å². The van der Waals surface area contributed by atoms with Gasteiger partial charge in [0.1, 0.15) is 5.70 Å². The molecule has 0 aliphatic carbocycles. The number of anilines is 1. The third kappa shape index (κ3) is 3.14. The minimum Gasteiger partial charge on any atom is -0.327 e. The monoisotopic (exact) mass is 342 g/mol. The number of halogens is 1. The molecule has 0 spiro atoms. The van der Waals surface area contributed by atoms with Crippen molar-refractivity contribution in [3.63, 3.8) is 0 Å². The lowest BCUT2D eigenvalue weighted by molar-refractivity contribution is -0.113. The van der Waals surface area contributed by atoms with Crippen molar-refractivity contribution in [2.75, 3.05) is 4.90 Å². The van der Waals surface area contributed by atoms with Gasteiger partial charge in [0.2, 0.25) is 0 Å². The molecule has 1 heterocycles. The molecule has 0 aromatic heterocycles. The van der Waals surface area contributed by atoms with Crippen LogP contribution in [0.3, 0.4) is 0 Å². The van der Waals surface area contributed by atoms with Crippen molar-refractivity contribution in [2.24, 2.45) is 0 Å². The Labute approximate surface area is 145 Å². The zero-order valence-electron chi connectivity index (χ0n) is 12.8. The largest absolute Gasteiger partial charge is 0.327 e. The highest BCUT2D eigenvalue weighted by Crippen LogP contribution is 2.28. The lowest BCUT2D eigenvalue weighted by Gasteiger charge is -2.16. The number of hydrogen-bond donors (Lipinski definition) is 1. The van der Waals surface area contributed by atoms with Crippen molar-refractivity contribution in [3.8, 4) is 0 Å². The summed E-state index contributed by atoms with van der Waals surface area (Å²) in [6, 6.07) is 13.3. The van der Waals surface area contributed by atoms with E-state index in [9.17, 15) is 4.79 Å². The molecule has 1 amide bonds. The molecule has 0 saturated carbocycles. The minimum absolute atomic E-state index is 0.165. The van der Waals surface area contributed by atoms with Crippen LogP contribution in [0.25, 0.3) is 6.08 Å². The Kier molecular flexibility index (Phi) is 4.20. The van der Waals surface area contributed by atoms with E-state index in [1.54, 1.807) is 12.1 Å². The van der Waals surface area contributed by atoms with Crippen LogP contribution in [-0.4, -0.2) is 11.0 Å².